The molecule has 0 aliphatic carbocycles. The number of cyclic esters (lactones) is 1. The molecule has 0 unspecified atom stereocenters. The predicted octanol–water partition coefficient (Wildman–Crippen LogP) is 2.26. The Morgan fingerprint density at radius 2 is 2.25 bits per heavy atom. The van der Waals surface area contributed by atoms with E-state index in [4.69, 9.17) is 4.74 Å². The van der Waals surface area contributed by atoms with E-state index >= 15 is 0 Å². The maximum absolute atomic E-state index is 12.8. The summed E-state index contributed by atoms with van der Waals surface area (Å²) in [5.41, 5.74) is 1.04. The number of hydrogen-bond donors (Lipinski definition) is 0. The topological polar surface area (TPSA) is 26.3 Å². The van der Waals surface area contributed by atoms with Crippen molar-refractivity contribution in [3.63, 3.8) is 0 Å². The molecule has 0 radical (unpaired) electrons. The van der Waals surface area contributed by atoms with Crippen molar-refractivity contribution in [3.8, 4) is 0 Å². The summed E-state index contributed by atoms with van der Waals surface area (Å²) in [6, 6.07) is 2.57. The van der Waals surface area contributed by atoms with Crippen LogP contribution in [0, 0.1) is 5.82 Å². The van der Waals surface area contributed by atoms with Crippen molar-refractivity contribution in [1.82, 2.24) is 0 Å². The van der Waals surface area contributed by atoms with Gasteiger partial charge in [0.2, 0.25) is 0 Å². The Bertz CT molecular complexity index is 362. The number of hydrogen-bond acceptors (Lipinski definition) is 2. The van der Waals surface area contributed by atoms with Gasteiger partial charge in [-0.1, -0.05) is 0 Å². The van der Waals surface area contributed by atoms with E-state index in [1.807, 2.05) is 0 Å². The maximum Gasteiger partial charge on any atom is 0.340 e. The molecule has 1 aromatic rings. The first-order valence-corrected chi connectivity index (χ1v) is 4.13. The molecule has 0 saturated heterocycles. The average Bonchev–Trinajstić information content (AvgIpc) is 2.31. The minimum absolute atomic E-state index is 0.171. The van der Waals surface area contributed by atoms with Gasteiger partial charge in [-0.15, -0.1) is 0 Å². The number of ether oxygens (including phenoxy) is 1. The Kier molecular flexibility index (Phi) is 1.65. The molecule has 2 nitrogen and oxygen atoms in total. The third-order valence-electron chi connectivity index (χ3n) is 1.70. The van der Waals surface area contributed by atoms with Crippen LogP contribution < -0.4 is 0 Å². The van der Waals surface area contributed by atoms with E-state index in [1.165, 1.54) is 12.1 Å². The van der Waals surface area contributed by atoms with Gasteiger partial charge in [-0.25, -0.2) is 9.18 Å². The van der Waals surface area contributed by atoms with Gasteiger partial charge in [0.05, 0.1) is 5.56 Å². The van der Waals surface area contributed by atoms with Crippen LogP contribution in [0.3, 0.4) is 0 Å². The van der Waals surface area contributed by atoms with E-state index in [0.29, 0.717) is 15.6 Å². The second-order valence-electron chi connectivity index (χ2n) is 2.50. The monoisotopic (exact) mass is 230 g/mol. The summed E-state index contributed by atoms with van der Waals surface area (Å²) in [5.74, 6) is -0.754. The zero-order chi connectivity index (χ0) is 8.72. The Morgan fingerprint density at radius 3 is 3.00 bits per heavy atom. The zero-order valence-corrected chi connectivity index (χ0v) is 7.52. The molecule has 0 amide bonds. The van der Waals surface area contributed by atoms with Crippen molar-refractivity contribution < 1.29 is 13.9 Å². The van der Waals surface area contributed by atoms with Gasteiger partial charge in [-0.05, 0) is 28.1 Å². The second kappa shape index (κ2) is 2.55. The van der Waals surface area contributed by atoms with Crippen LogP contribution in [0.25, 0.3) is 0 Å². The predicted molar refractivity (Wildman–Crippen MR) is 43.2 cm³/mol. The van der Waals surface area contributed by atoms with Crippen molar-refractivity contribution in [2.45, 2.75) is 6.61 Å². The van der Waals surface area contributed by atoms with Crippen molar-refractivity contribution in [2.24, 2.45) is 0 Å². The molecular weight excluding hydrogens is 227 g/mol. The van der Waals surface area contributed by atoms with Gasteiger partial charge in [-0.3, -0.25) is 0 Å². The highest BCUT2D eigenvalue weighted by molar-refractivity contribution is 9.10. The standard InChI is InChI=1S/C8H4BrFO2/c9-6-2-5(10)1-4-3-12-8(11)7(4)6/h1-2H,3H2. The first kappa shape index (κ1) is 7.73. The van der Waals surface area contributed by atoms with E-state index in [2.05, 4.69) is 15.9 Å². The van der Waals surface area contributed by atoms with E-state index < -0.39 is 5.97 Å². The maximum atomic E-state index is 12.8. The lowest BCUT2D eigenvalue weighted by atomic mass is 10.1. The van der Waals surface area contributed by atoms with Gasteiger partial charge in [-0.2, -0.15) is 0 Å². The Balaban J connectivity index is 2.68. The van der Waals surface area contributed by atoms with Crippen LogP contribution in [0.4, 0.5) is 4.39 Å². The number of halogens is 2. The minimum atomic E-state index is -0.392. The molecule has 1 aromatic carbocycles. The zero-order valence-electron chi connectivity index (χ0n) is 5.93. The van der Waals surface area contributed by atoms with Gasteiger partial charge in [0.1, 0.15) is 12.4 Å². The first-order valence-electron chi connectivity index (χ1n) is 3.33. The van der Waals surface area contributed by atoms with Crippen molar-refractivity contribution in [1.29, 1.82) is 0 Å². The highest BCUT2D eigenvalue weighted by Crippen LogP contribution is 2.28. The van der Waals surface area contributed by atoms with Crippen molar-refractivity contribution >= 4 is 21.9 Å². The smallest absolute Gasteiger partial charge is 0.340 e. The van der Waals surface area contributed by atoms with E-state index in [9.17, 15) is 9.18 Å². The fourth-order valence-electron chi connectivity index (χ4n) is 1.18. The normalized spacial score (nSPS) is 14.3. The molecule has 0 atom stereocenters. The summed E-state index contributed by atoms with van der Waals surface area (Å²) < 4.78 is 17.9. The second-order valence-corrected chi connectivity index (χ2v) is 3.35. The molecule has 1 heterocycles. The molecule has 0 bridgehead atoms. The molecule has 12 heavy (non-hydrogen) atoms. The molecule has 0 fully saturated rings. The highest BCUT2D eigenvalue weighted by atomic mass is 79.9. The largest absolute Gasteiger partial charge is 0.457 e. The SMILES string of the molecule is O=C1OCc2cc(F)cc(Br)c21. The lowest BCUT2D eigenvalue weighted by Gasteiger charge is -1.96. The quantitative estimate of drug-likeness (QED) is 0.640. The molecule has 0 aromatic heterocycles. The van der Waals surface area contributed by atoms with Crippen LogP contribution in [0.2, 0.25) is 0 Å². The van der Waals surface area contributed by atoms with Crippen LogP contribution in [-0.4, -0.2) is 5.97 Å². The summed E-state index contributed by atoms with van der Waals surface area (Å²) in [5, 5.41) is 0. The molecule has 0 saturated carbocycles. The Morgan fingerprint density at radius 1 is 1.50 bits per heavy atom. The minimum Gasteiger partial charge on any atom is -0.457 e. The molecule has 1 aliphatic heterocycles. The summed E-state index contributed by atoms with van der Waals surface area (Å²) in [6.07, 6.45) is 0. The van der Waals surface area contributed by atoms with Crippen LogP contribution in [-0.2, 0) is 11.3 Å². The van der Waals surface area contributed by atoms with Crippen LogP contribution in [0.5, 0.6) is 0 Å². The Hall–Kier alpha value is -0.900. The number of carbonyl (C=O) groups is 1. The molecular formula is C8H4BrFO2. The number of rotatable bonds is 0. The lowest BCUT2D eigenvalue weighted by molar-refractivity contribution is 0.0534. The number of fused-ring (bicyclic) bond motifs is 1. The number of esters is 1. The first-order chi connectivity index (χ1) is 5.68. The van der Waals surface area contributed by atoms with Crippen molar-refractivity contribution in [2.75, 3.05) is 0 Å². The lowest BCUT2D eigenvalue weighted by Crippen LogP contribution is -1.95. The average molecular weight is 231 g/mol. The van der Waals surface area contributed by atoms with E-state index in [-0.39, 0.29) is 12.4 Å². The van der Waals surface area contributed by atoms with Crippen LogP contribution in [0.1, 0.15) is 15.9 Å². The van der Waals surface area contributed by atoms with Gasteiger partial charge in [0.15, 0.2) is 0 Å². The number of benzene rings is 1. The summed E-state index contributed by atoms with van der Waals surface area (Å²) in [7, 11) is 0. The van der Waals surface area contributed by atoms with Gasteiger partial charge < -0.3 is 4.74 Å². The molecule has 1 aliphatic rings. The molecule has 4 heteroatoms. The fourth-order valence-corrected chi connectivity index (χ4v) is 1.82. The summed E-state index contributed by atoms with van der Waals surface area (Å²) in [6.45, 7) is 0.171. The molecule has 2 rings (SSSR count). The third-order valence-corrected chi connectivity index (χ3v) is 2.32. The third kappa shape index (κ3) is 1.03. The van der Waals surface area contributed by atoms with Crippen molar-refractivity contribution in [3.05, 3.63) is 33.5 Å². The van der Waals surface area contributed by atoms with Crippen LogP contribution in [0.15, 0.2) is 16.6 Å². The van der Waals surface area contributed by atoms with Crippen LogP contribution >= 0.6 is 15.9 Å². The fraction of sp³-hybridized carbons (Fsp3) is 0.125. The number of carbonyl (C=O) groups excluding carboxylic acids is 1. The Labute approximate surface area is 76.5 Å². The molecule has 0 N–H and O–H groups in total. The molecule has 62 valence electrons. The molecule has 0 spiro atoms. The van der Waals surface area contributed by atoms with Gasteiger partial charge in [0, 0.05) is 10.0 Å². The van der Waals surface area contributed by atoms with E-state index in [1.54, 1.807) is 0 Å². The summed E-state index contributed by atoms with van der Waals surface area (Å²) in [4.78, 5) is 11.0. The summed E-state index contributed by atoms with van der Waals surface area (Å²) >= 11 is 3.10. The van der Waals surface area contributed by atoms with Gasteiger partial charge in [0.25, 0.3) is 0 Å². The highest BCUT2D eigenvalue weighted by Gasteiger charge is 2.24. The van der Waals surface area contributed by atoms with Gasteiger partial charge >= 0.3 is 5.97 Å². The van der Waals surface area contributed by atoms with E-state index in [0.717, 1.165) is 0 Å².